The lowest BCUT2D eigenvalue weighted by Gasteiger charge is -2.26. The molecule has 4 heterocycles. The zero-order chi connectivity index (χ0) is 33.1. The topological polar surface area (TPSA) is 127 Å². The molecule has 0 unspecified atom stereocenters. The number of rotatable bonds is 11. The summed E-state index contributed by atoms with van der Waals surface area (Å²) in [4.78, 5) is 33.4. The van der Waals surface area contributed by atoms with Crippen LogP contribution in [0.4, 0.5) is 5.82 Å². The number of carbonyl (C=O) groups excluding carboxylic acids is 2. The number of carbonyl (C=O) groups is 2. The molecule has 12 heteroatoms. The minimum Gasteiger partial charge on any atom is -0.439 e. The number of aryl methyl sites for hydroxylation is 1. The summed E-state index contributed by atoms with van der Waals surface area (Å²) in [6, 6.07) is 19.3. The Bertz CT molecular complexity index is 1910. The molecule has 11 nitrogen and oxygen atoms in total. The second kappa shape index (κ2) is 13.5. The second-order valence-corrected chi connectivity index (χ2v) is 18.5. The average molecular weight is 653 g/mol. The number of nitrogens with zero attached hydrogens (tertiary/aromatic N) is 5. The van der Waals surface area contributed by atoms with Crippen LogP contribution in [-0.4, -0.2) is 76.9 Å². The average Bonchev–Trinajstić information content (AvgIpc) is 3.62. The molecule has 0 spiro atoms. The fraction of sp³-hybridized carbons (Fsp3) is 0.314. The first-order chi connectivity index (χ1) is 22.6. The molecule has 0 saturated carbocycles. The van der Waals surface area contributed by atoms with Gasteiger partial charge in [0.25, 0.3) is 5.91 Å². The molecule has 244 valence electrons. The molecule has 1 aliphatic rings. The zero-order valence-corrected chi connectivity index (χ0v) is 28.2. The molecule has 0 radical (unpaired) electrons. The van der Waals surface area contributed by atoms with Gasteiger partial charge in [0.05, 0.1) is 41.9 Å². The molecule has 1 saturated heterocycles. The van der Waals surface area contributed by atoms with Gasteiger partial charge in [-0.15, -0.1) is 0 Å². The van der Waals surface area contributed by atoms with Gasteiger partial charge in [-0.3, -0.25) is 9.59 Å². The molecule has 2 aromatic carbocycles. The van der Waals surface area contributed by atoms with E-state index in [4.69, 9.17) is 19.9 Å². The fourth-order valence-electron chi connectivity index (χ4n) is 5.53. The number of hydrogen-bond acceptors (Lipinski definition) is 8. The highest BCUT2D eigenvalue weighted by Crippen LogP contribution is 2.29. The summed E-state index contributed by atoms with van der Waals surface area (Å²) in [6.45, 7) is 11.8. The van der Waals surface area contributed by atoms with Gasteiger partial charge in [-0.1, -0.05) is 25.7 Å². The number of ketones is 1. The summed E-state index contributed by atoms with van der Waals surface area (Å²) in [5.41, 5.74) is 10.2. The number of anilines is 1. The van der Waals surface area contributed by atoms with E-state index in [9.17, 15) is 9.59 Å². The number of amides is 1. The SMILES string of the molecule is Cc1cc(Oc2ccccn2)ccc1-n1ncc(C(=O)c2cc3cc(C(=O)N4CCOCC4)ccc3n2COCC[Si](C)(C)C)c1N. The van der Waals surface area contributed by atoms with Crippen molar-refractivity contribution in [3.8, 4) is 17.3 Å². The van der Waals surface area contributed by atoms with Crippen LogP contribution in [0.2, 0.25) is 25.7 Å². The Morgan fingerprint density at radius 1 is 1.02 bits per heavy atom. The summed E-state index contributed by atoms with van der Waals surface area (Å²) in [6.07, 6.45) is 3.17. The molecule has 6 rings (SSSR count). The normalized spacial score (nSPS) is 13.7. The Hall–Kier alpha value is -4.78. The first kappa shape index (κ1) is 32.2. The largest absolute Gasteiger partial charge is 0.439 e. The van der Waals surface area contributed by atoms with Crippen LogP contribution >= 0.6 is 0 Å². The van der Waals surface area contributed by atoms with E-state index >= 15 is 0 Å². The lowest BCUT2D eigenvalue weighted by atomic mass is 10.1. The number of fused-ring (bicyclic) bond motifs is 1. The van der Waals surface area contributed by atoms with E-state index in [0.717, 1.165) is 28.2 Å². The van der Waals surface area contributed by atoms with E-state index in [2.05, 4.69) is 29.7 Å². The van der Waals surface area contributed by atoms with Crippen molar-refractivity contribution in [1.29, 1.82) is 0 Å². The molecule has 0 aliphatic carbocycles. The van der Waals surface area contributed by atoms with Gasteiger partial charge in [-0.2, -0.15) is 5.10 Å². The van der Waals surface area contributed by atoms with Gasteiger partial charge < -0.3 is 29.4 Å². The van der Waals surface area contributed by atoms with Crippen LogP contribution in [0, 0.1) is 6.92 Å². The minimum absolute atomic E-state index is 0.0560. The van der Waals surface area contributed by atoms with Crippen LogP contribution in [0.15, 0.2) is 73.1 Å². The number of morpholine rings is 1. The highest BCUT2D eigenvalue weighted by atomic mass is 28.3. The van der Waals surface area contributed by atoms with Gasteiger partial charge in [0.1, 0.15) is 18.3 Å². The van der Waals surface area contributed by atoms with Crippen LogP contribution in [-0.2, 0) is 16.2 Å². The summed E-state index contributed by atoms with van der Waals surface area (Å²) < 4.78 is 20.8. The van der Waals surface area contributed by atoms with Gasteiger partial charge >= 0.3 is 0 Å². The minimum atomic E-state index is -1.31. The number of nitrogen functional groups attached to an aromatic ring is 1. The van der Waals surface area contributed by atoms with Gasteiger partial charge in [-0.25, -0.2) is 9.67 Å². The number of pyridine rings is 1. The smallest absolute Gasteiger partial charge is 0.254 e. The molecule has 3 aromatic heterocycles. The first-order valence-corrected chi connectivity index (χ1v) is 19.5. The highest BCUT2D eigenvalue weighted by molar-refractivity contribution is 6.76. The molecular formula is C35H40N6O5Si. The van der Waals surface area contributed by atoms with Crippen molar-refractivity contribution < 1.29 is 23.8 Å². The molecule has 1 amide bonds. The lowest BCUT2D eigenvalue weighted by Crippen LogP contribution is -2.40. The number of ether oxygens (including phenoxy) is 3. The van der Waals surface area contributed by atoms with Crippen molar-refractivity contribution in [1.82, 2.24) is 24.2 Å². The molecule has 1 aliphatic heterocycles. The van der Waals surface area contributed by atoms with Crippen molar-refractivity contribution in [3.63, 3.8) is 0 Å². The third-order valence-electron chi connectivity index (χ3n) is 8.20. The van der Waals surface area contributed by atoms with E-state index in [-0.39, 0.29) is 29.8 Å². The Morgan fingerprint density at radius 2 is 1.83 bits per heavy atom. The maximum Gasteiger partial charge on any atom is 0.254 e. The van der Waals surface area contributed by atoms with E-state index < -0.39 is 8.07 Å². The van der Waals surface area contributed by atoms with Crippen LogP contribution in [0.5, 0.6) is 11.6 Å². The third kappa shape index (κ3) is 7.14. The third-order valence-corrected chi connectivity index (χ3v) is 9.91. The van der Waals surface area contributed by atoms with Gasteiger partial charge in [0.2, 0.25) is 11.7 Å². The summed E-state index contributed by atoms with van der Waals surface area (Å²) in [5, 5.41) is 5.27. The number of benzene rings is 2. The number of aromatic nitrogens is 4. The van der Waals surface area contributed by atoms with E-state index in [0.29, 0.717) is 55.8 Å². The standard InChI is InChI=1S/C35H40N6O5Si/c1-24-19-27(46-32-7-5-6-12-37-32)9-11-29(24)41-34(36)28(22-38-41)33(42)31-21-26-20-25(35(43)39-13-15-44-16-14-39)8-10-30(26)40(31)23-45-17-18-47(2,3)4/h5-12,19-22H,13-18,23,36H2,1-4H3. The van der Waals surface area contributed by atoms with Crippen molar-refractivity contribution in [2.45, 2.75) is 39.3 Å². The van der Waals surface area contributed by atoms with Crippen LogP contribution < -0.4 is 10.5 Å². The molecule has 0 atom stereocenters. The molecule has 5 aromatic rings. The van der Waals surface area contributed by atoms with Gasteiger partial charge in [0.15, 0.2) is 0 Å². The first-order valence-electron chi connectivity index (χ1n) is 15.8. The lowest BCUT2D eigenvalue weighted by molar-refractivity contribution is 0.0303. The van der Waals surface area contributed by atoms with Crippen LogP contribution in [0.1, 0.15) is 32.0 Å². The van der Waals surface area contributed by atoms with E-state index in [1.54, 1.807) is 27.9 Å². The van der Waals surface area contributed by atoms with Crippen molar-refractivity contribution in [3.05, 3.63) is 95.4 Å². The second-order valence-electron chi connectivity index (χ2n) is 12.9. The van der Waals surface area contributed by atoms with E-state index in [1.807, 2.05) is 60.0 Å². The molecule has 47 heavy (non-hydrogen) atoms. The van der Waals surface area contributed by atoms with Crippen molar-refractivity contribution in [2.24, 2.45) is 0 Å². The molecular weight excluding hydrogens is 613 g/mol. The van der Waals surface area contributed by atoms with Gasteiger partial charge in [0, 0.05) is 51.0 Å². The fourth-order valence-corrected chi connectivity index (χ4v) is 6.29. The molecule has 1 fully saturated rings. The molecule has 2 N–H and O–H groups in total. The highest BCUT2D eigenvalue weighted by Gasteiger charge is 2.25. The Kier molecular flexibility index (Phi) is 9.25. The predicted molar refractivity (Wildman–Crippen MR) is 183 cm³/mol. The summed E-state index contributed by atoms with van der Waals surface area (Å²) in [5.74, 6) is 0.990. The Balaban J connectivity index is 1.30. The monoisotopic (exact) mass is 652 g/mol. The zero-order valence-electron chi connectivity index (χ0n) is 27.2. The number of hydrogen-bond donors (Lipinski definition) is 1. The Labute approximate surface area is 274 Å². The maximum absolute atomic E-state index is 14.2. The van der Waals surface area contributed by atoms with Gasteiger partial charge in [-0.05, 0) is 67.1 Å². The van der Waals surface area contributed by atoms with Crippen LogP contribution in [0.25, 0.3) is 16.6 Å². The Morgan fingerprint density at radius 3 is 2.55 bits per heavy atom. The molecule has 0 bridgehead atoms. The van der Waals surface area contributed by atoms with E-state index in [1.165, 1.54) is 6.20 Å². The predicted octanol–water partition coefficient (Wildman–Crippen LogP) is 5.92. The van der Waals surface area contributed by atoms with Crippen LogP contribution in [0.3, 0.4) is 0 Å². The quantitative estimate of drug-likeness (QED) is 0.106. The maximum atomic E-state index is 14.2. The summed E-state index contributed by atoms with van der Waals surface area (Å²) in [7, 11) is -1.31. The van der Waals surface area contributed by atoms with Crippen molar-refractivity contribution >= 4 is 36.5 Å². The summed E-state index contributed by atoms with van der Waals surface area (Å²) >= 11 is 0. The number of nitrogens with two attached hydrogens (primary N) is 1. The van der Waals surface area contributed by atoms with Crippen molar-refractivity contribution in [2.75, 3.05) is 38.6 Å².